The molecule has 5 rings (SSSR count). The quantitative estimate of drug-likeness (QED) is 0.518. The molecule has 9 nitrogen and oxygen atoms in total. The van der Waals surface area contributed by atoms with Gasteiger partial charge in [-0.15, -0.1) is 10.2 Å². The monoisotopic (exact) mass is 413 g/mol. The lowest BCUT2D eigenvalue weighted by Gasteiger charge is -2.32. The summed E-state index contributed by atoms with van der Waals surface area (Å²) in [6.45, 7) is 2.84. The van der Waals surface area contributed by atoms with Crippen molar-refractivity contribution < 1.29 is 18.0 Å². The molecule has 5 heterocycles. The molecule has 0 unspecified atom stereocenters. The zero-order valence-corrected chi connectivity index (χ0v) is 16.1. The minimum absolute atomic E-state index is 0.283. The van der Waals surface area contributed by atoms with E-state index >= 15 is 0 Å². The number of fused-ring (bicyclic) bond motifs is 2. The van der Waals surface area contributed by atoms with Crippen molar-refractivity contribution in [2.45, 2.75) is 32.0 Å². The Morgan fingerprint density at radius 1 is 1.33 bits per heavy atom. The fourth-order valence-corrected chi connectivity index (χ4v) is 3.60. The van der Waals surface area contributed by atoms with Crippen LogP contribution in [0.2, 0.25) is 0 Å². The average Bonchev–Trinajstić information content (AvgIpc) is 3.44. The molecule has 0 saturated carbocycles. The Kier molecular flexibility index (Phi) is 3.95. The van der Waals surface area contributed by atoms with Crippen molar-refractivity contribution in [3.8, 4) is 0 Å². The number of alkyl halides is 1. The van der Waals surface area contributed by atoms with Crippen molar-refractivity contribution in [3.63, 3.8) is 0 Å². The molecule has 4 aromatic heterocycles. The fraction of sp³-hybridized carbons (Fsp3) is 0.316. The molecule has 1 aliphatic rings. The number of carbonyl (C=O) groups excluding carboxylic acids is 1. The van der Waals surface area contributed by atoms with Gasteiger partial charge < -0.3 is 14.3 Å². The molecule has 1 N–H and O–H groups in total. The third-order valence-corrected chi connectivity index (χ3v) is 5.04. The van der Waals surface area contributed by atoms with Crippen molar-refractivity contribution in [3.05, 3.63) is 65.4 Å². The standard InChI is InChI=1S/C19H17F2N7O2/c1-19(2,21)18-25-24-16(30-18)17(29)27-7-6-11-14(23-9-22-11)15(27)12-8-10-4-3-5-13(20)28(10)26-12/h3-5,8-9,15H,6-7H2,1-2H3,(H,22,23)/t15-/m1/s1. The summed E-state index contributed by atoms with van der Waals surface area (Å²) in [5, 5.41) is 11.7. The number of aromatic amines is 1. The van der Waals surface area contributed by atoms with Crippen molar-refractivity contribution in [1.82, 2.24) is 34.7 Å². The van der Waals surface area contributed by atoms with Gasteiger partial charge in [-0.3, -0.25) is 4.79 Å². The van der Waals surface area contributed by atoms with Crippen LogP contribution in [0.3, 0.4) is 0 Å². The number of imidazole rings is 1. The van der Waals surface area contributed by atoms with E-state index in [9.17, 15) is 13.6 Å². The van der Waals surface area contributed by atoms with Crippen LogP contribution >= 0.6 is 0 Å². The summed E-state index contributed by atoms with van der Waals surface area (Å²) in [7, 11) is 0. The number of aromatic nitrogens is 6. The minimum atomic E-state index is -1.87. The molecule has 0 fully saturated rings. The van der Waals surface area contributed by atoms with E-state index < -0.39 is 23.6 Å². The summed E-state index contributed by atoms with van der Waals surface area (Å²) in [6, 6.07) is 5.60. The second-order valence-corrected chi connectivity index (χ2v) is 7.56. The highest BCUT2D eigenvalue weighted by Gasteiger charge is 2.39. The Balaban J connectivity index is 1.59. The maximum absolute atomic E-state index is 14.2. The Morgan fingerprint density at radius 2 is 2.17 bits per heavy atom. The third kappa shape index (κ3) is 2.85. The second-order valence-electron chi connectivity index (χ2n) is 7.56. The summed E-state index contributed by atoms with van der Waals surface area (Å²) in [4.78, 5) is 22.1. The molecule has 0 aliphatic carbocycles. The number of pyridine rings is 1. The highest BCUT2D eigenvalue weighted by molar-refractivity contribution is 5.90. The zero-order chi connectivity index (χ0) is 21.0. The maximum Gasteiger partial charge on any atom is 0.312 e. The molecule has 1 aliphatic heterocycles. The van der Waals surface area contributed by atoms with Gasteiger partial charge in [-0.25, -0.2) is 13.9 Å². The van der Waals surface area contributed by atoms with E-state index in [1.54, 1.807) is 24.5 Å². The first-order chi connectivity index (χ1) is 14.3. The summed E-state index contributed by atoms with van der Waals surface area (Å²) >= 11 is 0. The molecule has 0 radical (unpaired) electrons. The van der Waals surface area contributed by atoms with Gasteiger partial charge in [0.25, 0.3) is 5.89 Å². The predicted octanol–water partition coefficient (Wildman–Crippen LogP) is 2.57. The number of hydrogen-bond donors (Lipinski definition) is 1. The smallest absolute Gasteiger partial charge is 0.312 e. The average molecular weight is 413 g/mol. The SMILES string of the molecule is CC(C)(F)c1nnc(C(=O)N2CCc3[nH]cnc3[C@H]2c2cc3cccc(F)n3n2)o1. The van der Waals surface area contributed by atoms with E-state index in [0.717, 1.165) is 10.2 Å². The van der Waals surface area contributed by atoms with Gasteiger partial charge >= 0.3 is 11.8 Å². The second kappa shape index (κ2) is 6.44. The number of hydrogen-bond acceptors (Lipinski definition) is 6. The molecule has 0 spiro atoms. The molecule has 4 aromatic rings. The van der Waals surface area contributed by atoms with E-state index in [0.29, 0.717) is 29.9 Å². The van der Waals surface area contributed by atoms with Gasteiger partial charge in [-0.1, -0.05) is 6.07 Å². The zero-order valence-electron chi connectivity index (χ0n) is 16.1. The predicted molar refractivity (Wildman–Crippen MR) is 98.8 cm³/mol. The number of amides is 1. The molecule has 0 aromatic carbocycles. The van der Waals surface area contributed by atoms with E-state index in [1.165, 1.54) is 24.8 Å². The summed E-state index contributed by atoms with van der Waals surface area (Å²) in [5.41, 5.74) is 0.564. The summed E-state index contributed by atoms with van der Waals surface area (Å²) in [6.07, 6.45) is 2.06. The number of nitrogens with zero attached hydrogens (tertiary/aromatic N) is 6. The lowest BCUT2D eigenvalue weighted by atomic mass is 9.99. The van der Waals surface area contributed by atoms with Gasteiger partial charge in [0, 0.05) is 18.7 Å². The maximum atomic E-state index is 14.2. The molecular formula is C19H17F2N7O2. The Hall–Kier alpha value is -3.63. The van der Waals surface area contributed by atoms with Crippen LogP contribution in [0.25, 0.3) is 5.52 Å². The highest BCUT2D eigenvalue weighted by atomic mass is 19.1. The number of H-pyrrole nitrogens is 1. The van der Waals surface area contributed by atoms with Gasteiger partial charge in [-0.2, -0.15) is 9.49 Å². The molecule has 11 heteroatoms. The van der Waals surface area contributed by atoms with Gasteiger partial charge in [0.15, 0.2) is 5.67 Å². The van der Waals surface area contributed by atoms with E-state index in [2.05, 4.69) is 25.3 Å². The van der Waals surface area contributed by atoms with Gasteiger partial charge in [-0.05, 0) is 32.0 Å². The normalized spacial score (nSPS) is 16.8. The number of rotatable bonds is 3. The molecule has 154 valence electrons. The van der Waals surface area contributed by atoms with Crippen LogP contribution in [0.1, 0.15) is 53.5 Å². The largest absolute Gasteiger partial charge is 0.413 e. The molecule has 0 saturated heterocycles. The van der Waals surface area contributed by atoms with Crippen molar-refractivity contribution in [2.75, 3.05) is 6.54 Å². The van der Waals surface area contributed by atoms with Crippen LogP contribution in [0.15, 0.2) is 35.0 Å². The van der Waals surface area contributed by atoms with E-state index in [1.807, 2.05) is 0 Å². The van der Waals surface area contributed by atoms with Crippen molar-refractivity contribution in [2.24, 2.45) is 0 Å². The first kappa shape index (κ1) is 18.4. The summed E-state index contributed by atoms with van der Waals surface area (Å²) in [5.74, 6) is -1.71. The first-order valence-electron chi connectivity index (χ1n) is 9.33. The van der Waals surface area contributed by atoms with Crippen molar-refractivity contribution in [1.29, 1.82) is 0 Å². The van der Waals surface area contributed by atoms with Gasteiger partial charge in [0.2, 0.25) is 5.95 Å². The van der Waals surface area contributed by atoms with Crippen LogP contribution in [-0.2, 0) is 12.1 Å². The van der Waals surface area contributed by atoms with Crippen LogP contribution < -0.4 is 0 Å². The van der Waals surface area contributed by atoms with Crippen LogP contribution in [0, 0.1) is 5.95 Å². The number of halogens is 2. The Labute approximate surface area is 168 Å². The number of nitrogens with one attached hydrogen (secondary N) is 1. The third-order valence-electron chi connectivity index (χ3n) is 5.04. The fourth-order valence-electron chi connectivity index (χ4n) is 3.60. The molecule has 30 heavy (non-hydrogen) atoms. The van der Waals surface area contributed by atoms with E-state index in [4.69, 9.17) is 4.42 Å². The molecule has 1 amide bonds. The highest BCUT2D eigenvalue weighted by Crippen LogP contribution is 2.34. The van der Waals surface area contributed by atoms with E-state index in [-0.39, 0.29) is 11.8 Å². The Morgan fingerprint density at radius 3 is 2.90 bits per heavy atom. The lowest BCUT2D eigenvalue weighted by Crippen LogP contribution is -2.41. The van der Waals surface area contributed by atoms with Crippen LogP contribution in [-0.4, -0.2) is 47.1 Å². The van der Waals surface area contributed by atoms with Crippen molar-refractivity contribution >= 4 is 11.4 Å². The minimum Gasteiger partial charge on any atom is -0.413 e. The van der Waals surface area contributed by atoms with Gasteiger partial charge in [0.1, 0.15) is 6.04 Å². The molecular weight excluding hydrogens is 396 g/mol. The Bertz CT molecular complexity index is 1250. The lowest BCUT2D eigenvalue weighted by molar-refractivity contribution is 0.0636. The first-order valence-corrected chi connectivity index (χ1v) is 9.33. The molecule has 0 bridgehead atoms. The van der Waals surface area contributed by atoms with Crippen LogP contribution in [0.4, 0.5) is 8.78 Å². The molecule has 1 atom stereocenters. The van der Waals surface area contributed by atoms with Crippen LogP contribution in [0.5, 0.6) is 0 Å². The number of carbonyl (C=O) groups is 1. The van der Waals surface area contributed by atoms with Gasteiger partial charge in [0.05, 0.1) is 23.2 Å². The topological polar surface area (TPSA) is 105 Å². The summed E-state index contributed by atoms with van der Waals surface area (Å²) < 4.78 is 34.7.